The summed E-state index contributed by atoms with van der Waals surface area (Å²) in [4.78, 5) is 28.6. The van der Waals surface area contributed by atoms with Crippen molar-refractivity contribution in [2.45, 2.75) is 33.2 Å². The summed E-state index contributed by atoms with van der Waals surface area (Å²) in [7, 11) is 0. The first kappa shape index (κ1) is 17.9. The third-order valence-corrected chi connectivity index (χ3v) is 3.68. The third-order valence-electron chi connectivity index (χ3n) is 3.27. The van der Waals surface area contributed by atoms with Crippen LogP contribution in [-0.2, 0) is 0 Å². The number of rotatable bonds is 3. The summed E-state index contributed by atoms with van der Waals surface area (Å²) in [5.74, 6) is -0.623. The van der Waals surface area contributed by atoms with Gasteiger partial charge in [-0.15, -0.1) is 0 Å². The number of amides is 2. The summed E-state index contributed by atoms with van der Waals surface area (Å²) in [6, 6.07) is 6.80. The van der Waals surface area contributed by atoms with E-state index in [4.69, 9.17) is 11.6 Å². The average molecular weight is 346 g/mol. The molecule has 2 aromatic rings. The molecule has 0 spiro atoms. The van der Waals surface area contributed by atoms with Crippen LogP contribution < -0.4 is 10.6 Å². The number of halogens is 1. The molecule has 0 fully saturated rings. The first-order valence-electron chi connectivity index (χ1n) is 7.51. The summed E-state index contributed by atoms with van der Waals surface area (Å²) in [5.41, 5.74) is 1.67. The lowest BCUT2D eigenvalue weighted by molar-refractivity contribution is 0.0919. The quantitative estimate of drug-likeness (QED) is 0.888. The second-order valence-electron chi connectivity index (χ2n) is 6.53. The van der Waals surface area contributed by atoms with Gasteiger partial charge in [-0.25, -0.2) is 0 Å². The van der Waals surface area contributed by atoms with Gasteiger partial charge in [0, 0.05) is 28.6 Å². The Morgan fingerprint density at radius 1 is 1.08 bits per heavy atom. The largest absolute Gasteiger partial charge is 0.347 e. The smallest absolute Gasteiger partial charge is 0.257 e. The highest BCUT2D eigenvalue weighted by Gasteiger charge is 2.17. The second-order valence-corrected chi connectivity index (χ2v) is 6.94. The van der Waals surface area contributed by atoms with Crippen molar-refractivity contribution in [2.75, 3.05) is 5.32 Å². The molecule has 0 atom stereocenters. The number of pyridine rings is 1. The van der Waals surface area contributed by atoms with Crippen LogP contribution in [0, 0.1) is 6.92 Å². The van der Waals surface area contributed by atoms with Crippen molar-refractivity contribution in [1.29, 1.82) is 0 Å². The zero-order valence-electron chi connectivity index (χ0n) is 14.1. The molecule has 0 unspecified atom stereocenters. The lowest BCUT2D eigenvalue weighted by Crippen LogP contribution is -2.40. The predicted molar refractivity (Wildman–Crippen MR) is 95.6 cm³/mol. The first-order valence-corrected chi connectivity index (χ1v) is 7.89. The predicted octanol–water partition coefficient (Wildman–Crippen LogP) is 3.82. The molecule has 1 heterocycles. The van der Waals surface area contributed by atoms with Crippen molar-refractivity contribution >= 4 is 29.1 Å². The SMILES string of the molecule is Cc1c(Cl)cccc1NC(=O)c1cncc(C(=O)NC(C)(C)C)c1. The zero-order valence-corrected chi connectivity index (χ0v) is 14.9. The number of benzene rings is 1. The van der Waals surface area contributed by atoms with Crippen LogP contribution in [0.5, 0.6) is 0 Å². The second kappa shape index (κ2) is 7.01. The fourth-order valence-electron chi connectivity index (χ4n) is 2.04. The van der Waals surface area contributed by atoms with Crippen LogP contribution in [0.2, 0.25) is 5.02 Å². The molecule has 1 aromatic carbocycles. The van der Waals surface area contributed by atoms with Gasteiger partial charge in [0.2, 0.25) is 0 Å². The Kier molecular flexibility index (Phi) is 5.24. The maximum absolute atomic E-state index is 12.4. The number of carbonyl (C=O) groups excluding carboxylic acids is 2. The summed E-state index contributed by atoms with van der Waals surface area (Å²) >= 11 is 6.05. The van der Waals surface area contributed by atoms with Crippen LogP contribution in [0.1, 0.15) is 47.1 Å². The number of hydrogen-bond acceptors (Lipinski definition) is 3. The Hall–Kier alpha value is -2.40. The van der Waals surface area contributed by atoms with Crippen LogP contribution in [0.25, 0.3) is 0 Å². The van der Waals surface area contributed by atoms with Crippen molar-refractivity contribution in [2.24, 2.45) is 0 Å². The van der Waals surface area contributed by atoms with Crippen molar-refractivity contribution < 1.29 is 9.59 Å². The van der Waals surface area contributed by atoms with E-state index < -0.39 is 0 Å². The molecule has 2 amide bonds. The van der Waals surface area contributed by atoms with E-state index in [1.807, 2.05) is 27.7 Å². The average Bonchev–Trinajstić information content (AvgIpc) is 2.50. The van der Waals surface area contributed by atoms with Gasteiger partial charge in [0.15, 0.2) is 0 Å². The van der Waals surface area contributed by atoms with Crippen molar-refractivity contribution in [1.82, 2.24) is 10.3 Å². The van der Waals surface area contributed by atoms with Gasteiger partial charge in [-0.2, -0.15) is 0 Å². The molecule has 0 aliphatic rings. The number of anilines is 1. The number of carbonyl (C=O) groups is 2. The summed E-state index contributed by atoms with van der Waals surface area (Å²) in [5, 5.41) is 6.20. The van der Waals surface area contributed by atoms with E-state index >= 15 is 0 Å². The van der Waals surface area contributed by atoms with Crippen molar-refractivity contribution in [3.05, 3.63) is 58.4 Å². The minimum atomic E-state index is -0.368. The van der Waals surface area contributed by atoms with Gasteiger partial charge in [0.25, 0.3) is 11.8 Å². The first-order chi connectivity index (χ1) is 11.2. The number of nitrogens with one attached hydrogen (secondary N) is 2. The number of nitrogens with zero attached hydrogens (tertiary/aromatic N) is 1. The van der Waals surface area contributed by atoms with E-state index in [1.165, 1.54) is 18.5 Å². The van der Waals surface area contributed by atoms with Crippen molar-refractivity contribution in [3.8, 4) is 0 Å². The molecule has 0 saturated carbocycles. The molecule has 2 rings (SSSR count). The van der Waals surface area contributed by atoms with Gasteiger partial charge in [-0.1, -0.05) is 17.7 Å². The van der Waals surface area contributed by atoms with E-state index in [1.54, 1.807) is 18.2 Å². The fourth-order valence-corrected chi connectivity index (χ4v) is 2.21. The maximum Gasteiger partial charge on any atom is 0.257 e. The Balaban J connectivity index is 2.20. The molecule has 2 N–H and O–H groups in total. The Bertz CT molecular complexity index is 782. The minimum Gasteiger partial charge on any atom is -0.347 e. The summed E-state index contributed by atoms with van der Waals surface area (Å²) in [6.45, 7) is 7.48. The molecule has 6 heteroatoms. The molecule has 24 heavy (non-hydrogen) atoms. The van der Waals surface area contributed by atoms with Gasteiger partial charge in [0.1, 0.15) is 0 Å². The molecular weight excluding hydrogens is 326 g/mol. The van der Waals surface area contributed by atoms with E-state index in [9.17, 15) is 9.59 Å². The summed E-state index contributed by atoms with van der Waals surface area (Å²) < 4.78 is 0. The maximum atomic E-state index is 12.4. The Morgan fingerprint density at radius 2 is 1.71 bits per heavy atom. The van der Waals surface area contributed by atoms with Gasteiger partial charge in [-0.3, -0.25) is 14.6 Å². The lowest BCUT2D eigenvalue weighted by atomic mass is 10.1. The molecule has 1 aromatic heterocycles. The van der Waals surface area contributed by atoms with E-state index in [0.29, 0.717) is 21.8 Å². The molecule has 0 aliphatic heterocycles. The Labute approximate surface area is 146 Å². The van der Waals surface area contributed by atoms with E-state index in [2.05, 4.69) is 15.6 Å². The molecule has 0 aliphatic carbocycles. The fraction of sp³-hybridized carbons (Fsp3) is 0.278. The topological polar surface area (TPSA) is 71.1 Å². The van der Waals surface area contributed by atoms with Crippen LogP contribution in [0.4, 0.5) is 5.69 Å². The van der Waals surface area contributed by atoms with Crippen LogP contribution in [-0.4, -0.2) is 22.3 Å². The van der Waals surface area contributed by atoms with Gasteiger partial charge in [0.05, 0.1) is 11.1 Å². The van der Waals surface area contributed by atoms with E-state index in [0.717, 1.165) is 5.56 Å². The monoisotopic (exact) mass is 345 g/mol. The molecule has 5 nitrogen and oxygen atoms in total. The normalized spacial score (nSPS) is 11.0. The molecule has 0 radical (unpaired) electrons. The minimum absolute atomic E-state index is 0.274. The molecule has 0 bridgehead atoms. The highest BCUT2D eigenvalue weighted by atomic mass is 35.5. The van der Waals surface area contributed by atoms with Crippen molar-refractivity contribution in [3.63, 3.8) is 0 Å². The molecule has 126 valence electrons. The standard InChI is InChI=1S/C18H20ClN3O2/c1-11-14(19)6-5-7-15(11)21-16(23)12-8-13(10-20-9-12)17(24)22-18(2,3)4/h5-10H,1-4H3,(H,21,23)(H,22,24). The third kappa shape index (κ3) is 4.55. The highest BCUT2D eigenvalue weighted by molar-refractivity contribution is 6.31. The number of hydrogen-bond donors (Lipinski definition) is 2. The Morgan fingerprint density at radius 3 is 2.33 bits per heavy atom. The van der Waals surface area contributed by atoms with Crippen LogP contribution in [0.15, 0.2) is 36.7 Å². The van der Waals surface area contributed by atoms with Gasteiger partial charge >= 0.3 is 0 Å². The lowest BCUT2D eigenvalue weighted by Gasteiger charge is -2.20. The number of aromatic nitrogens is 1. The van der Waals surface area contributed by atoms with Crippen LogP contribution in [0.3, 0.4) is 0 Å². The van der Waals surface area contributed by atoms with E-state index in [-0.39, 0.29) is 17.4 Å². The molecule has 0 saturated heterocycles. The van der Waals surface area contributed by atoms with Gasteiger partial charge in [-0.05, 0) is 51.5 Å². The highest BCUT2D eigenvalue weighted by Crippen LogP contribution is 2.23. The zero-order chi connectivity index (χ0) is 17.9. The van der Waals surface area contributed by atoms with Crippen LogP contribution >= 0.6 is 11.6 Å². The summed E-state index contributed by atoms with van der Waals surface area (Å²) in [6.07, 6.45) is 2.85. The van der Waals surface area contributed by atoms with Gasteiger partial charge < -0.3 is 10.6 Å². The molecular formula is C18H20ClN3O2.